The van der Waals surface area contributed by atoms with Gasteiger partial charge in [-0.1, -0.05) is 22.0 Å². The van der Waals surface area contributed by atoms with Crippen molar-refractivity contribution in [3.63, 3.8) is 0 Å². The minimum absolute atomic E-state index is 0.0511. The van der Waals surface area contributed by atoms with E-state index >= 15 is 0 Å². The summed E-state index contributed by atoms with van der Waals surface area (Å²) >= 11 is 3.41. The molecule has 0 saturated carbocycles. The van der Waals surface area contributed by atoms with Crippen LogP contribution in [0.5, 0.6) is 5.75 Å². The van der Waals surface area contributed by atoms with Crippen molar-refractivity contribution in [3.8, 4) is 5.75 Å². The summed E-state index contributed by atoms with van der Waals surface area (Å²) in [5.74, 6) is 0.896. The zero-order valence-electron chi connectivity index (χ0n) is 11.7. The zero-order valence-corrected chi connectivity index (χ0v) is 13.3. The number of ether oxygens (including phenoxy) is 1. The Morgan fingerprint density at radius 2 is 2.45 bits per heavy atom. The zero-order chi connectivity index (χ0) is 14.4. The molecule has 2 rings (SSSR count). The van der Waals surface area contributed by atoms with Gasteiger partial charge in [0.1, 0.15) is 11.9 Å². The standard InChI is InChI=1S/C15H21BrN2O2/c1-11(20-14-6-2-4-12(16)8-14)10-18-15(19)9-13-5-3-7-17-13/h2,4,6,8,11,13,17H,3,5,7,9-10H2,1H3,(H,18,19). The Balaban J connectivity index is 1.69. The van der Waals surface area contributed by atoms with Crippen LogP contribution in [0.3, 0.4) is 0 Å². The molecular formula is C15H21BrN2O2. The largest absolute Gasteiger partial charge is 0.489 e. The summed E-state index contributed by atoms with van der Waals surface area (Å²) < 4.78 is 6.74. The lowest BCUT2D eigenvalue weighted by Crippen LogP contribution is -2.37. The molecule has 0 aliphatic carbocycles. The quantitative estimate of drug-likeness (QED) is 0.836. The van der Waals surface area contributed by atoms with E-state index in [4.69, 9.17) is 4.74 Å². The van der Waals surface area contributed by atoms with Crippen molar-refractivity contribution in [3.05, 3.63) is 28.7 Å². The predicted octanol–water partition coefficient (Wildman–Crippen LogP) is 2.47. The van der Waals surface area contributed by atoms with Gasteiger partial charge in [0.15, 0.2) is 0 Å². The fourth-order valence-electron chi connectivity index (χ4n) is 2.30. The van der Waals surface area contributed by atoms with Gasteiger partial charge in [-0.05, 0) is 44.5 Å². The Bertz CT molecular complexity index is 447. The fraction of sp³-hybridized carbons (Fsp3) is 0.533. The Morgan fingerprint density at radius 1 is 1.60 bits per heavy atom. The molecule has 4 nitrogen and oxygen atoms in total. The summed E-state index contributed by atoms with van der Waals surface area (Å²) in [4.78, 5) is 11.8. The summed E-state index contributed by atoms with van der Waals surface area (Å²) in [6.07, 6.45) is 2.77. The van der Waals surface area contributed by atoms with Crippen LogP contribution >= 0.6 is 15.9 Å². The molecule has 0 bridgehead atoms. The Kier molecular flexibility index (Phi) is 5.86. The normalized spacial score (nSPS) is 19.6. The first kappa shape index (κ1) is 15.3. The van der Waals surface area contributed by atoms with Gasteiger partial charge in [-0.15, -0.1) is 0 Å². The van der Waals surface area contributed by atoms with Crippen molar-refractivity contribution in [2.45, 2.75) is 38.3 Å². The molecule has 1 fully saturated rings. The molecule has 20 heavy (non-hydrogen) atoms. The van der Waals surface area contributed by atoms with Crippen molar-refractivity contribution >= 4 is 21.8 Å². The summed E-state index contributed by atoms with van der Waals surface area (Å²) in [5, 5.41) is 6.25. The molecule has 110 valence electrons. The molecule has 5 heteroatoms. The van der Waals surface area contributed by atoms with Gasteiger partial charge >= 0.3 is 0 Å². The maximum absolute atomic E-state index is 11.8. The van der Waals surface area contributed by atoms with Gasteiger partial charge in [0.2, 0.25) is 5.91 Å². The van der Waals surface area contributed by atoms with E-state index in [9.17, 15) is 4.79 Å². The summed E-state index contributed by atoms with van der Waals surface area (Å²) in [5.41, 5.74) is 0. The number of nitrogens with one attached hydrogen (secondary N) is 2. The number of rotatable bonds is 6. The second-order valence-electron chi connectivity index (χ2n) is 5.19. The van der Waals surface area contributed by atoms with E-state index in [1.54, 1.807) is 0 Å². The topological polar surface area (TPSA) is 50.4 Å². The number of carbonyl (C=O) groups is 1. The maximum Gasteiger partial charge on any atom is 0.221 e. The molecular weight excluding hydrogens is 320 g/mol. The molecule has 1 aliphatic heterocycles. The highest BCUT2D eigenvalue weighted by molar-refractivity contribution is 9.10. The third kappa shape index (κ3) is 5.13. The minimum atomic E-state index is -0.0511. The van der Waals surface area contributed by atoms with E-state index in [0.29, 0.717) is 19.0 Å². The number of hydrogen-bond donors (Lipinski definition) is 2. The van der Waals surface area contributed by atoms with Crippen molar-refractivity contribution < 1.29 is 9.53 Å². The molecule has 0 radical (unpaired) electrons. The molecule has 0 spiro atoms. The molecule has 1 aromatic carbocycles. The van der Waals surface area contributed by atoms with E-state index in [1.165, 1.54) is 6.42 Å². The summed E-state index contributed by atoms with van der Waals surface area (Å²) in [7, 11) is 0. The first-order chi connectivity index (χ1) is 9.63. The van der Waals surface area contributed by atoms with E-state index in [2.05, 4.69) is 26.6 Å². The Hall–Kier alpha value is -1.07. The fourth-order valence-corrected chi connectivity index (χ4v) is 2.68. The van der Waals surface area contributed by atoms with Crippen LogP contribution in [0, 0.1) is 0 Å². The second-order valence-corrected chi connectivity index (χ2v) is 6.10. The van der Waals surface area contributed by atoms with E-state index in [1.807, 2.05) is 31.2 Å². The molecule has 2 atom stereocenters. The predicted molar refractivity (Wildman–Crippen MR) is 82.9 cm³/mol. The summed E-state index contributed by atoms with van der Waals surface area (Å²) in [6.45, 7) is 3.51. The minimum Gasteiger partial charge on any atom is -0.489 e. The summed E-state index contributed by atoms with van der Waals surface area (Å²) in [6, 6.07) is 8.05. The molecule has 2 unspecified atom stereocenters. The van der Waals surface area contributed by atoms with E-state index < -0.39 is 0 Å². The third-order valence-corrected chi connectivity index (χ3v) is 3.81. The van der Waals surface area contributed by atoms with Crippen LogP contribution in [0.2, 0.25) is 0 Å². The lowest BCUT2D eigenvalue weighted by molar-refractivity contribution is -0.121. The Morgan fingerprint density at radius 3 is 3.15 bits per heavy atom. The van der Waals surface area contributed by atoms with E-state index in [-0.39, 0.29) is 12.0 Å². The van der Waals surface area contributed by atoms with Gasteiger partial charge in [0.05, 0.1) is 6.54 Å². The number of amides is 1. The number of halogens is 1. The van der Waals surface area contributed by atoms with Crippen LogP contribution in [0.15, 0.2) is 28.7 Å². The highest BCUT2D eigenvalue weighted by Gasteiger charge is 2.17. The Labute approximate surface area is 128 Å². The molecule has 1 aliphatic rings. The molecule has 2 N–H and O–H groups in total. The van der Waals surface area contributed by atoms with Gasteiger partial charge in [-0.3, -0.25) is 4.79 Å². The van der Waals surface area contributed by atoms with Crippen molar-refractivity contribution in [2.24, 2.45) is 0 Å². The number of benzene rings is 1. The molecule has 1 amide bonds. The molecule has 1 saturated heterocycles. The van der Waals surface area contributed by atoms with Crippen LogP contribution < -0.4 is 15.4 Å². The SMILES string of the molecule is CC(CNC(=O)CC1CCCN1)Oc1cccc(Br)c1. The van der Waals surface area contributed by atoms with Gasteiger partial charge < -0.3 is 15.4 Å². The van der Waals surface area contributed by atoms with Crippen LogP contribution in [-0.2, 0) is 4.79 Å². The monoisotopic (exact) mass is 340 g/mol. The van der Waals surface area contributed by atoms with Crippen LogP contribution in [0.25, 0.3) is 0 Å². The number of carbonyl (C=O) groups excluding carboxylic acids is 1. The first-order valence-corrected chi connectivity index (χ1v) is 7.85. The molecule has 1 heterocycles. The van der Waals surface area contributed by atoms with Gasteiger partial charge in [0, 0.05) is 16.9 Å². The average Bonchev–Trinajstić information content (AvgIpc) is 2.89. The number of hydrogen-bond acceptors (Lipinski definition) is 3. The maximum atomic E-state index is 11.8. The molecule has 0 aromatic heterocycles. The van der Waals surface area contributed by atoms with Crippen molar-refractivity contribution in [2.75, 3.05) is 13.1 Å². The lowest BCUT2D eigenvalue weighted by atomic mass is 10.1. The average molecular weight is 341 g/mol. The van der Waals surface area contributed by atoms with Crippen LogP contribution in [-0.4, -0.2) is 31.1 Å². The molecule has 1 aromatic rings. The van der Waals surface area contributed by atoms with E-state index in [0.717, 1.165) is 23.2 Å². The van der Waals surface area contributed by atoms with Crippen LogP contribution in [0.1, 0.15) is 26.2 Å². The van der Waals surface area contributed by atoms with Gasteiger partial charge in [0.25, 0.3) is 0 Å². The lowest BCUT2D eigenvalue weighted by Gasteiger charge is -2.16. The highest BCUT2D eigenvalue weighted by Crippen LogP contribution is 2.18. The van der Waals surface area contributed by atoms with Crippen molar-refractivity contribution in [1.82, 2.24) is 10.6 Å². The third-order valence-electron chi connectivity index (χ3n) is 3.31. The van der Waals surface area contributed by atoms with Crippen LogP contribution in [0.4, 0.5) is 0 Å². The smallest absolute Gasteiger partial charge is 0.221 e. The second kappa shape index (κ2) is 7.64. The van der Waals surface area contributed by atoms with Gasteiger partial charge in [-0.25, -0.2) is 0 Å². The van der Waals surface area contributed by atoms with Gasteiger partial charge in [-0.2, -0.15) is 0 Å². The van der Waals surface area contributed by atoms with Crippen molar-refractivity contribution in [1.29, 1.82) is 0 Å². The highest BCUT2D eigenvalue weighted by atomic mass is 79.9. The first-order valence-electron chi connectivity index (χ1n) is 7.06.